The van der Waals surface area contributed by atoms with Crippen LogP contribution in [0.25, 0.3) is 0 Å². The first-order valence-corrected chi connectivity index (χ1v) is 6.94. The lowest BCUT2D eigenvalue weighted by Crippen LogP contribution is -2.34. The van der Waals surface area contributed by atoms with E-state index < -0.39 is 0 Å². The van der Waals surface area contributed by atoms with Crippen molar-refractivity contribution in [2.45, 2.75) is 26.7 Å². The molecule has 1 aliphatic heterocycles. The number of carbonyl (C=O) groups is 1. The smallest absolute Gasteiger partial charge is 0.340 e. The van der Waals surface area contributed by atoms with Crippen LogP contribution in [0, 0.1) is 5.92 Å². The van der Waals surface area contributed by atoms with Crippen LogP contribution >= 0.6 is 0 Å². The zero-order valence-electron chi connectivity index (χ0n) is 11.7. The zero-order valence-corrected chi connectivity index (χ0v) is 11.7. The number of anilines is 2. The molecule has 1 heterocycles. The third-order valence-electron chi connectivity index (χ3n) is 3.58. The molecule has 0 amide bonds. The fraction of sp³-hybridized carbons (Fsp3) is 0.533. The first kappa shape index (κ1) is 13.7. The molecule has 1 unspecified atom stereocenters. The maximum Gasteiger partial charge on any atom is 0.340 e. The van der Waals surface area contributed by atoms with Gasteiger partial charge in [0.05, 0.1) is 23.5 Å². The minimum absolute atomic E-state index is 0.341. The van der Waals surface area contributed by atoms with Crippen LogP contribution in [0.15, 0.2) is 18.2 Å². The van der Waals surface area contributed by atoms with Crippen LogP contribution in [-0.4, -0.2) is 25.7 Å². The van der Waals surface area contributed by atoms with E-state index in [2.05, 4.69) is 11.8 Å². The molecule has 0 saturated carbocycles. The topological polar surface area (TPSA) is 55.6 Å². The van der Waals surface area contributed by atoms with E-state index in [4.69, 9.17) is 10.5 Å². The molecule has 19 heavy (non-hydrogen) atoms. The van der Waals surface area contributed by atoms with E-state index in [0.717, 1.165) is 18.8 Å². The number of para-hydroxylation sites is 1. The summed E-state index contributed by atoms with van der Waals surface area (Å²) in [6.45, 7) is 6.41. The number of nitrogens with two attached hydrogens (primary N) is 1. The summed E-state index contributed by atoms with van der Waals surface area (Å²) in [5, 5.41) is 0. The molecule has 0 aliphatic carbocycles. The molecule has 0 spiro atoms. The summed E-state index contributed by atoms with van der Waals surface area (Å²) in [4.78, 5) is 14.1. The van der Waals surface area contributed by atoms with Gasteiger partial charge in [-0.2, -0.15) is 0 Å². The number of benzene rings is 1. The number of nitrogen functional groups attached to an aromatic ring is 1. The molecule has 0 bridgehead atoms. The van der Waals surface area contributed by atoms with Crippen molar-refractivity contribution in [2.24, 2.45) is 5.92 Å². The number of carbonyl (C=O) groups excluding carboxylic acids is 1. The van der Waals surface area contributed by atoms with Gasteiger partial charge in [0.1, 0.15) is 0 Å². The van der Waals surface area contributed by atoms with Crippen molar-refractivity contribution < 1.29 is 9.53 Å². The molecule has 1 atom stereocenters. The number of esters is 1. The van der Waals surface area contributed by atoms with Crippen LogP contribution < -0.4 is 10.6 Å². The number of piperidine rings is 1. The molecule has 104 valence electrons. The van der Waals surface area contributed by atoms with Crippen molar-refractivity contribution in [3.8, 4) is 0 Å². The van der Waals surface area contributed by atoms with E-state index >= 15 is 0 Å². The van der Waals surface area contributed by atoms with Gasteiger partial charge < -0.3 is 15.4 Å². The highest BCUT2D eigenvalue weighted by atomic mass is 16.5. The third kappa shape index (κ3) is 3.00. The van der Waals surface area contributed by atoms with Gasteiger partial charge >= 0.3 is 5.97 Å². The minimum Gasteiger partial charge on any atom is -0.462 e. The lowest BCUT2D eigenvalue weighted by atomic mass is 9.99. The lowest BCUT2D eigenvalue weighted by Gasteiger charge is -2.33. The van der Waals surface area contributed by atoms with Gasteiger partial charge in [0.15, 0.2) is 0 Å². The van der Waals surface area contributed by atoms with Crippen molar-refractivity contribution in [1.29, 1.82) is 0 Å². The molecule has 2 rings (SSSR count). The SMILES string of the molecule is CCOC(=O)c1cccc(N2CCCC(C)C2)c1N. The second-order valence-corrected chi connectivity index (χ2v) is 5.15. The van der Waals surface area contributed by atoms with E-state index in [1.54, 1.807) is 13.0 Å². The molecule has 1 saturated heterocycles. The Hall–Kier alpha value is -1.71. The van der Waals surface area contributed by atoms with Crippen LogP contribution in [0.3, 0.4) is 0 Å². The highest BCUT2D eigenvalue weighted by Gasteiger charge is 2.21. The van der Waals surface area contributed by atoms with Crippen LogP contribution in [0.4, 0.5) is 11.4 Å². The summed E-state index contributed by atoms with van der Waals surface area (Å²) in [5.41, 5.74) is 8.11. The molecular weight excluding hydrogens is 240 g/mol. The van der Waals surface area contributed by atoms with Gasteiger partial charge in [0, 0.05) is 13.1 Å². The molecule has 4 heteroatoms. The van der Waals surface area contributed by atoms with E-state index in [1.807, 2.05) is 12.1 Å². The second kappa shape index (κ2) is 5.95. The van der Waals surface area contributed by atoms with Gasteiger partial charge in [0.2, 0.25) is 0 Å². The summed E-state index contributed by atoms with van der Waals surface area (Å²) in [7, 11) is 0. The Morgan fingerprint density at radius 1 is 1.53 bits per heavy atom. The molecule has 0 aromatic heterocycles. The number of hydrogen-bond acceptors (Lipinski definition) is 4. The Morgan fingerprint density at radius 3 is 3.00 bits per heavy atom. The van der Waals surface area contributed by atoms with Gasteiger partial charge in [-0.1, -0.05) is 13.0 Å². The minimum atomic E-state index is -0.341. The van der Waals surface area contributed by atoms with Crippen LogP contribution in [0.1, 0.15) is 37.0 Å². The summed E-state index contributed by atoms with van der Waals surface area (Å²) >= 11 is 0. The molecule has 2 N–H and O–H groups in total. The lowest BCUT2D eigenvalue weighted by molar-refractivity contribution is 0.0527. The fourth-order valence-corrected chi connectivity index (χ4v) is 2.62. The highest BCUT2D eigenvalue weighted by Crippen LogP contribution is 2.30. The maximum atomic E-state index is 11.8. The van der Waals surface area contributed by atoms with Crippen molar-refractivity contribution in [1.82, 2.24) is 0 Å². The molecule has 1 aliphatic rings. The van der Waals surface area contributed by atoms with Crippen molar-refractivity contribution >= 4 is 17.3 Å². The van der Waals surface area contributed by atoms with Gasteiger partial charge in [-0.05, 0) is 37.8 Å². The van der Waals surface area contributed by atoms with Crippen LogP contribution in [0.2, 0.25) is 0 Å². The highest BCUT2D eigenvalue weighted by molar-refractivity contribution is 5.98. The van der Waals surface area contributed by atoms with E-state index in [0.29, 0.717) is 23.8 Å². The van der Waals surface area contributed by atoms with E-state index in [1.165, 1.54) is 12.8 Å². The number of ether oxygens (including phenoxy) is 1. The van der Waals surface area contributed by atoms with E-state index in [9.17, 15) is 4.79 Å². The Morgan fingerprint density at radius 2 is 2.32 bits per heavy atom. The molecule has 0 radical (unpaired) electrons. The quantitative estimate of drug-likeness (QED) is 0.672. The molecule has 4 nitrogen and oxygen atoms in total. The van der Waals surface area contributed by atoms with Gasteiger partial charge in [-0.3, -0.25) is 0 Å². The largest absolute Gasteiger partial charge is 0.462 e. The zero-order chi connectivity index (χ0) is 13.8. The van der Waals surface area contributed by atoms with Crippen LogP contribution in [-0.2, 0) is 4.74 Å². The Bertz CT molecular complexity index is 459. The molecular formula is C15H22N2O2. The summed E-state index contributed by atoms with van der Waals surface area (Å²) in [6.07, 6.45) is 2.43. The second-order valence-electron chi connectivity index (χ2n) is 5.15. The fourth-order valence-electron chi connectivity index (χ4n) is 2.62. The summed E-state index contributed by atoms with van der Waals surface area (Å²) in [6, 6.07) is 5.58. The summed E-state index contributed by atoms with van der Waals surface area (Å²) in [5.74, 6) is 0.325. The van der Waals surface area contributed by atoms with Gasteiger partial charge in [-0.25, -0.2) is 4.79 Å². The van der Waals surface area contributed by atoms with Gasteiger partial charge in [0.25, 0.3) is 0 Å². The Labute approximate surface area is 114 Å². The average molecular weight is 262 g/mol. The Balaban J connectivity index is 2.26. The van der Waals surface area contributed by atoms with Crippen molar-refractivity contribution in [3.05, 3.63) is 23.8 Å². The number of rotatable bonds is 3. The van der Waals surface area contributed by atoms with Gasteiger partial charge in [-0.15, -0.1) is 0 Å². The number of hydrogen-bond donors (Lipinski definition) is 1. The first-order valence-electron chi connectivity index (χ1n) is 6.94. The molecule has 1 fully saturated rings. The predicted molar refractivity (Wildman–Crippen MR) is 77.4 cm³/mol. The molecule has 1 aromatic carbocycles. The standard InChI is InChI=1S/C15H22N2O2/c1-3-19-15(18)12-7-4-8-13(14(12)16)17-9-5-6-11(2)10-17/h4,7-8,11H,3,5-6,9-10,16H2,1-2H3. The van der Waals surface area contributed by atoms with Crippen molar-refractivity contribution in [3.63, 3.8) is 0 Å². The third-order valence-corrected chi connectivity index (χ3v) is 3.58. The number of nitrogens with zero attached hydrogens (tertiary/aromatic N) is 1. The van der Waals surface area contributed by atoms with Crippen molar-refractivity contribution in [2.75, 3.05) is 30.3 Å². The monoisotopic (exact) mass is 262 g/mol. The summed E-state index contributed by atoms with van der Waals surface area (Å²) < 4.78 is 5.03. The molecule has 1 aromatic rings. The normalized spacial score (nSPS) is 19.3. The van der Waals surface area contributed by atoms with Crippen LogP contribution in [0.5, 0.6) is 0 Å². The Kier molecular flexibility index (Phi) is 4.30. The first-order chi connectivity index (χ1) is 9.13. The predicted octanol–water partition coefficient (Wildman–Crippen LogP) is 2.68. The average Bonchev–Trinajstić information content (AvgIpc) is 2.39. The van der Waals surface area contributed by atoms with E-state index in [-0.39, 0.29) is 5.97 Å². The maximum absolute atomic E-state index is 11.8.